The number of hydrogen-bond donors (Lipinski definition) is 1. The van der Waals surface area contributed by atoms with Crippen LogP contribution >= 0.6 is 0 Å². The molecule has 2 aromatic rings. The van der Waals surface area contributed by atoms with Gasteiger partial charge in [-0.1, -0.05) is 6.07 Å². The van der Waals surface area contributed by atoms with Gasteiger partial charge in [0.2, 0.25) is 10.0 Å². The molecule has 0 spiro atoms. The van der Waals surface area contributed by atoms with Crippen LogP contribution in [0.15, 0.2) is 53.4 Å². The predicted octanol–water partition coefficient (Wildman–Crippen LogP) is 2.42. The molecule has 1 amide bonds. The zero-order valence-corrected chi connectivity index (χ0v) is 17.4. The van der Waals surface area contributed by atoms with Crippen LogP contribution in [0.4, 0.5) is 11.4 Å². The number of anilines is 1. The first-order valence-corrected chi connectivity index (χ1v) is 10.3. The summed E-state index contributed by atoms with van der Waals surface area (Å²) >= 11 is 0. The first-order chi connectivity index (χ1) is 14.0. The minimum absolute atomic E-state index is 0.0173. The summed E-state index contributed by atoms with van der Waals surface area (Å²) in [6, 6.07) is 10.2. The summed E-state index contributed by atoms with van der Waals surface area (Å²) in [4.78, 5) is 34.1. The van der Waals surface area contributed by atoms with Gasteiger partial charge in [-0.2, -0.15) is 4.31 Å². The third-order valence-corrected chi connectivity index (χ3v) is 6.20. The fourth-order valence-corrected chi connectivity index (χ4v) is 3.72. The molecule has 2 rings (SSSR count). The fraction of sp³-hybridized carbons (Fsp3) is 0.263. The van der Waals surface area contributed by atoms with Crippen molar-refractivity contribution in [2.24, 2.45) is 0 Å². The highest BCUT2D eigenvalue weighted by molar-refractivity contribution is 7.89. The Bertz CT molecular complexity index is 1050. The van der Waals surface area contributed by atoms with Gasteiger partial charge in [0, 0.05) is 30.9 Å². The second kappa shape index (κ2) is 9.46. The van der Waals surface area contributed by atoms with Gasteiger partial charge in [0.15, 0.2) is 6.61 Å². The van der Waals surface area contributed by atoms with Crippen molar-refractivity contribution in [2.45, 2.75) is 24.8 Å². The molecule has 0 unspecified atom stereocenters. The van der Waals surface area contributed by atoms with Crippen LogP contribution in [0.5, 0.6) is 0 Å². The van der Waals surface area contributed by atoms with E-state index in [1.807, 2.05) is 0 Å². The summed E-state index contributed by atoms with van der Waals surface area (Å²) in [6.07, 6.45) is 0. The maximum atomic E-state index is 12.6. The lowest BCUT2D eigenvalue weighted by atomic mass is 10.2. The van der Waals surface area contributed by atoms with Crippen LogP contribution in [0, 0.1) is 10.1 Å². The van der Waals surface area contributed by atoms with Gasteiger partial charge in [-0.15, -0.1) is 0 Å². The summed E-state index contributed by atoms with van der Waals surface area (Å²) in [5, 5.41) is 13.1. The van der Waals surface area contributed by atoms with E-state index < -0.39 is 33.4 Å². The third-order valence-electron chi connectivity index (χ3n) is 4.17. The Balaban J connectivity index is 2.01. The second-order valence-electron chi connectivity index (χ2n) is 6.57. The molecule has 0 bridgehead atoms. The Morgan fingerprint density at radius 2 is 1.80 bits per heavy atom. The quantitative estimate of drug-likeness (QED) is 0.382. The van der Waals surface area contributed by atoms with Gasteiger partial charge in [0.05, 0.1) is 15.4 Å². The highest BCUT2D eigenvalue weighted by Crippen LogP contribution is 2.19. The number of amides is 1. The van der Waals surface area contributed by atoms with Gasteiger partial charge in [-0.3, -0.25) is 14.9 Å². The lowest BCUT2D eigenvalue weighted by Crippen LogP contribution is -2.33. The molecule has 0 saturated heterocycles. The molecule has 0 aliphatic heterocycles. The molecular weight excluding hydrogens is 414 g/mol. The number of non-ortho nitro benzene ring substituents is 1. The lowest BCUT2D eigenvalue weighted by molar-refractivity contribution is -0.384. The maximum absolute atomic E-state index is 12.6. The van der Waals surface area contributed by atoms with E-state index in [4.69, 9.17) is 4.74 Å². The molecule has 30 heavy (non-hydrogen) atoms. The van der Waals surface area contributed by atoms with Crippen molar-refractivity contribution in [3.05, 3.63) is 64.2 Å². The molecule has 0 heterocycles. The molecule has 0 aliphatic carbocycles. The number of benzene rings is 2. The highest BCUT2D eigenvalue weighted by Gasteiger charge is 2.24. The summed E-state index contributed by atoms with van der Waals surface area (Å²) in [5.74, 6) is -1.52. The number of nitrogens with one attached hydrogen (secondary N) is 1. The normalized spacial score (nSPS) is 11.4. The van der Waals surface area contributed by atoms with Gasteiger partial charge in [0.25, 0.3) is 11.6 Å². The summed E-state index contributed by atoms with van der Waals surface area (Å²) in [6.45, 7) is 2.83. The number of ether oxygens (including phenoxy) is 1. The van der Waals surface area contributed by atoms with E-state index in [0.717, 1.165) is 0 Å². The van der Waals surface area contributed by atoms with Gasteiger partial charge >= 0.3 is 5.97 Å². The van der Waals surface area contributed by atoms with Crippen LogP contribution in [0.1, 0.15) is 24.2 Å². The predicted molar refractivity (Wildman–Crippen MR) is 109 cm³/mol. The summed E-state index contributed by atoms with van der Waals surface area (Å²) in [7, 11) is -2.34. The largest absolute Gasteiger partial charge is 0.452 e. The molecule has 0 fully saturated rings. The van der Waals surface area contributed by atoms with E-state index in [1.165, 1.54) is 59.9 Å². The first kappa shape index (κ1) is 23.0. The van der Waals surface area contributed by atoms with Crippen molar-refractivity contribution in [1.82, 2.24) is 4.31 Å². The van der Waals surface area contributed by atoms with Crippen molar-refractivity contribution in [1.29, 1.82) is 0 Å². The van der Waals surface area contributed by atoms with Gasteiger partial charge in [0.1, 0.15) is 0 Å². The number of nitro benzene ring substituents is 1. The van der Waals surface area contributed by atoms with E-state index in [9.17, 15) is 28.1 Å². The zero-order chi connectivity index (χ0) is 22.5. The summed E-state index contributed by atoms with van der Waals surface area (Å²) in [5.41, 5.74) is 0.153. The molecule has 11 heteroatoms. The number of esters is 1. The fourth-order valence-electron chi connectivity index (χ4n) is 2.31. The lowest BCUT2D eigenvalue weighted by Gasteiger charge is -2.21. The standard InChI is InChI=1S/C19H21N3O7S/c1-13(2)21(3)30(27,28)17-6-4-5-14(11-17)19(24)29-12-18(23)20-15-7-9-16(10-8-15)22(25)26/h4-11,13H,12H2,1-3H3,(H,20,23). The first-order valence-electron chi connectivity index (χ1n) is 8.82. The molecule has 0 radical (unpaired) electrons. The van der Waals surface area contributed by atoms with E-state index in [2.05, 4.69) is 5.32 Å². The number of hydrogen-bond acceptors (Lipinski definition) is 7. The minimum Gasteiger partial charge on any atom is -0.452 e. The SMILES string of the molecule is CC(C)N(C)S(=O)(=O)c1cccc(C(=O)OCC(=O)Nc2ccc([N+](=O)[O-])cc2)c1. The van der Waals surface area contributed by atoms with Gasteiger partial charge in [-0.25, -0.2) is 13.2 Å². The number of sulfonamides is 1. The van der Waals surface area contributed by atoms with Crippen molar-refractivity contribution in [2.75, 3.05) is 19.0 Å². The molecule has 0 aromatic heterocycles. The topological polar surface area (TPSA) is 136 Å². The average molecular weight is 435 g/mol. The van der Waals surface area contributed by atoms with Crippen molar-refractivity contribution in [3.8, 4) is 0 Å². The van der Waals surface area contributed by atoms with Gasteiger partial charge in [-0.05, 0) is 44.2 Å². The average Bonchev–Trinajstić information content (AvgIpc) is 2.71. The molecule has 160 valence electrons. The molecule has 10 nitrogen and oxygen atoms in total. The van der Waals surface area contributed by atoms with Crippen LogP contribution in [-0.4, -0.2) is 49.2 Å². The second-order valence-corrected chi connectivity index (χ2v) is 8.57. The number of nitrogens with zero attached hydrogens (tertiary/aromatic N) is 2. The molecule has 2 aromatic carbocycles. The number of carbonyl (C=O) groups excluding carboxylic acids is 2. The number of rotatable bonds is 8. The van der Waals surface area contributed by atoms with E-state index in [1.54, 1.807) is 13.8 Å². The van der Waals surface area contributed by atoms with Crippen molar-refractivity contribution < 1.29 is 27.7 Å². The summed E-state index contributed by atoms with van der Waals surface area (Å²) < 4.78 is 31.2. The Hall–Kier alpha value is -3.31. The Kier molecular flexibility index (Phi) is 7.24. The molecule has 0 atom stereocenters. The van der Waals surface area contributed by atoms with E-state index in [-0.39, 0.29) is 22.2 Å². The van der Waals surface area contributed by atoms with Crippen LogP contribution in [0.3, 0.4) is 0 Å². The highest BCUT2D eigenvalue weighted by atomic mass is 32.2. The Labute approximate surface area is 173 Å². The monoisotopic (exact) mass is 435 g/mol. The minimum atomic E-state index is -3.78. The van der Waals surface area contributed by atoms with E-state index >= 15 is 0 Å². The van der Waals surface area contributed by atoms with Crippen molar-refractivity contribution in [3.63, 3.8) is 0 Å². The molecule has 0 aliphatic rings. The molecular formula is C19H21N3O7S. The Morgan fingerprint density at radius 3 is 2.37 bits per heavy atom. The number of carbonyl (C=O) groups is 2. The van der Waals surface area contributed by atoms with E-state index in [0.29, 0.717) is 5.69 Å². The Morgan fingerprint density at radius 1 is 1.17 bits per heavy atom. The number of nitro groups is 1. The molecule has 0 saturated carbocycles. The third kappa shape index (κ3) is 5.61. The van der Waals surface area contributed by atoms with Crippen LogP contribution in [0.25, 0.3) is 0 Å². The smallest absolute Gasteiger partial charge is 0.338 e. The molecule has 1 N–H and O–H groups in total. The van der Waals surface area contributed by atoms with Crippen LogP contribution in [0.2, 0.25) is 0 Å². The zero-order valence-electron chi connectivity index (χ0n) is 16.6. The van der Waals surface area contributed by atoms with Crippen LogP contribution in [-0.2, 0) is 19.6 Å². The van der Waals surface area contributed by atoms with Crippen molar-refractivity contribution >= 4 is 33.3 Å². The van der Waals surface area contributed by atoms with Gasteiger partial charge < -0.3 is 10.1 Å². The maximum Gasteiger partial charge on any atom is 0.338 e. The van der Waals surface area contributed by atoms with Crippen LogP contribution < -0.4 is 5.32 Å².